The van der Waals surface area contributed by atoms with Gasteiger partial charge in [-0.2, -0.15) is 0 Å². The van der Waals surface area contributed by atoms with Crippen molar-refractivity contribution in [3.63, 3.8) is 0 Å². The van der Waals surface area contributed by atoms with E-state index in [1.54, 1.807) is 0 Å². The molecule has 0 aliphatic heterocycles. The quantitative estimate of drug-likeness (QED) is 0.178. The van der Waals surface area contributed by atoms with Crippen molar-refractivity contribution in [1.82, 2.24) is 5.32 Å². The molecule has 9 heteroatoms. The van der Waals surface area contributed by atoms with Crippen LogP contribution in [0.4, 0.5) is 0 Å². The van der Waals surface area contributed by atoms with Gasteiger partial charge in [0.05, 0.1) is 5.75 Å². The Morgan fingerprint density at radius 1 is 1.25 bits per heavy atom. The van der Waals surface area contributed by atoms with Crippen LogP contribution >= 0.6 is 0 Å². The minimum atomic E-state index is -3.51. The Hall–Kier alpha value is -2.13. The molecule has 0 aliphatic rings. The second kappa shape index (κ2) is 6.87. The summed E-state index contributed by atoms with van der Waals surface area (Å²) in [6.45, 7) is 0.206. The number of benzene rings is 1. The Bertz CT molecular complexity index is 595. The van der Waals surface area contributed by atoms with Gasteiger partial charge in [-0.3, -0.25) is 4.79 Å². The first-order valence-corrected chi connectivity index (χ1v) is 7.41. The lowest BCUT2D eigenvalue weighted by molar-refractivity contribution is 0.0953. The Labute approximate surface area is 116 Å². The molecule has 20 heavy (non-hydrogen) atoms. The van der Waals surface area contributed by atoms with Gasteiger partial charge in [-0.25, -0.2) is 13.6 Å². The van der Waals surface area contributed by atoms with E-state index in [1.807, 2.05) is 0 Å². The van der Waals surface area contributed by atoms with Gasteiger partial charge in [0.15, 0.2) is 5.84 Å². The van der Waals surface area contributed by atoms with Crippen LogP contribution in [0.2, 0.25) is 0 Å². The van der Waals surface area contributed by atoms with Gasteiger partial charge in [0.2, 0.25) is 10.0 Å². The standard InChI is InChI=1S/C11H16N4O4S/c12-10(15-17)8-2-4-9(5-3-8)11(16)14-6-1-7-20(13,18)19/h2-5,17H,1,6-7H2,(H2,12,15)(H,14,16)(H2,13,18,19). The van der Waals surface area contributed by atoms with E-state index in [1.165, 1.54) is 24.3 Å². The van der Waals surface area contributed by atoms with Crippen molar-refractivity contribution in [2.24, 2.45) is 16.0 Å². The number of carbonyl (C=O) groups excluding carboxylic acids is 1. The summed E-state index contributed by atoms with van der Waals surface area (Å²) in [7, 11) is -3.51. The average Bonchev–Trinajstić information content (AvgIpc) is 2.41. The van der Waals surface area contributed by atoms with Crippen molar-refractivity contribution in [3.05, 3.63) is 35.4 Å². The van der Waals surface area contributed by atoms with Crippen molar-refractivity contribution in [2.45, 2.75) is 6.42 Å². The first-order chi connectivity index (χ1) is 9.33. The maximum Gasteiger partial charge on any atom is 0.251 e. The molecule has 0 heterocycles. The van der Waals surface area contributed by atoms with Crippen molar-refractivity contribution < 1.29 is 18.4 Å². The molecule has 0 aromatic heterocycles. The third-order valence-electron chi connectivity index (χ3n) is 2.44. The van der Waals surface area contributed by atoms with Gasteiger partial charge in [0, 0.05) is 17.7 Å². The highest BCUT2D eigenvalue weighted by atomic mass is 32.2. The van der Waals surface area contributed by atoms with Gasteiger partial charge in [0.25, 0.3) is 5.91 Å². The number of nitrogens with zero attached hydrogens (tertiary/aromatic N) is 1. The number of primary sulfonamides is 1. The third kappa shape index (κ3) is 5.24. The molecule has 0 radical (unpaired) electrons. The summed E-state index contributed by atoms with van der Waals surface area (Å²) in [6.07, 6.45) is 0.243. The Morgan fingerprint density at radius 3 is 2.30 bits per heavy atom. The summed E-state index contributed by atoms with van der Waals surface area (Å²) in [4.78, 5) is 11.7. The highest BCUT2D eigenvalue weighted by molar-refractivity contribution is 7.89. The van der Waals surface area contributed by atoms with E-state index >= 15 is 0 Å². The first kappa shape index (κ1) is 15.9. The van der Waals surface area contributed by atoms with Crippen LogP contribution in [-0.4, -0.2) is 37.7 Å². The molecule has 0 unspecified atom stereocenters. The largest absolute Gasteiger partial charge is 0.409 e. The Morgan fingerprint density at radius 2 is 1.80 bits per heavy atom. The second-order valence-corrected chi connectivity index (χ2v) is 5.77. The summed E-state index contributed by atoms with van der Waals surface area (Å²) in [5.74, 6) is -0.578. The first-order valence-electron chi connectivity index (χ1n) is 5.70. The number of amidine groups is 1. The number of amides is 1. The highest BCUT2D eigenvalue weighted by Crippen LogP contribution is 2.04. The van der Waals surface area contributed by atoms with E-state index in [-0.39, 0.29) is 30.5 Å². The van der Waals surface area contributed by atoms with Crippen LogP contribution in [0.3, 0.4) is 0 Å². The molecule has 8 nitrogen and oxygen atoms in total. The Balaban J connectivity index is 2.52. The molecule has 1 aromatic carbocycles. The lowest BCUT2D eigenvalue weighted by atomic mass is 10.1. The van der Waals surface area contributed by atoms with Crippen LogP contribution in [-0.2, 0) is 10.0 Å². The molecule has 0 aliphatic carbocycles. The summed E-state index contributed by atoms with van der Waals surface area (Å²) < 4.78 is 21.4. The van der Waals surface area contributed by atoms with Crippen LogP contribution in [0.5, 0.6) is 0 Å². The number of hydrogen-bond donors (Lipinski definition) is 4. The maximum atomic E-state index is 11.7. The molecule has 1 aromatic rings. The second-order valence-electron chi connectivity index (χ2n) is 4.04. The predicted octanol–water partition coefficient (Wildman–Crippen LogP) is -0.810. The normalized spacial score (nSPS) is 12.2. The zero-order valence-corrected chi connectivity index (χ0v) is 11.4. The molecule has 0 saturated carbocycles. The van der Waals surface area contributed by atoms with Gasteiger partial charge in [-0.05, 0) is 18.6 Å². The molecular formula is C11H16N4O4S. The van der Waals surface area contributed by atoms with Gasteiger partial charge in [-0.15, -0.1) is 0 Å². The summed E-state index contributed by atoms with van der Waals surface area (Å²) in [5, 5.41) is 18.7. The third-order valence-corrected chi connectivity index (χ3v) is 3.30. The van der Waals surface area contributed by atoms with Crippen molar-refractivity contribution >= 4 is 21.8 Å². The number of rotatable bonds is 6. The molecule has 6 N–H and O–H groups in total. The van der Waals surface area contributed by atoms with Crippen molar-refractivity contribution in [3.8, 4) is 0 Å². The number of nitrogens with two attached hydrogens (primary N) is 2. The van der Waals surface area contributed by atoms with Crippen LogP contribution < -0.4 is 16.2 Å². The van der Waals surface area contributed by atoms with Crippen molar-refractivity contribution in [1.29, 1.82) is 0 Å². The van der Waals surface area contributed by atoms with Crippen LogP contribution in [0, 0.1) is 0 Å². The predicted molar refractivity (Wildman–Crippen MR) is 73.9 cm³/mol. The van der Waals surface area contributed by atoms with E-state index < -0.39 is 10.0 Å². The summed E-state index contributed by atoms with van der Waals surface area (Å²) >= 11 is 0. The molecule has 1 rings (SSSR count). The highest BCUT2D eigenvalue weighted by Gasteiger charge is 2.07. The van der Waals surface area contributed by atoms with Crippen molar-refractivity contribution in [2.75, 3.05) is 12.3 Å². The maximum absolute atomic E-state index is 11.7. The lowest BCUT2D eigenvalue weighted by Gasteiger charge is -2.05. The number of hydrogen-bond acceptors (Lipinski definition) is 5. The van der Waals surface area contributed by atoms with Crippen LogP contribution in [0.25, 0.3) is 0 Å². The van der Waals surface area contributed by atoms with Gasteiger partial charge >= 0.3 is 0 Å². The fourth-order valence-electron chi connectivity index (χ4n) is 1.43. The molecule has 0 saturated heterocycles. The molecule has 0 atom stereocenters. The molecular weight excluding hydrogens is 284 g/mol. The van der Waals surface area contributed by atoms with E-state index in [0.29, 0.717) is 11.1 Å². The molecule has 0 spiro atoms. The van der Waals surface area contributed by atoms with E-state index in [2.05, 4.69) is 10.5 Å². The minimum Gasteiger partial charge on any atom is -0.409 e. The van der Waals surface area contributed by atoms with Crippen LogP contribution in [0.1, 0.15) is 22.3 Å². The summed E-state index contributed by atoms with van der Waals surface area (Å²) in [5.41, 5.74) is 6.26. The van der Waals surface area contributed by atoms with Gasteiger partial charge in [0.1, 0.15) is 0 Å². The smallest absolute Gasteiger partial charge is 0.251 e. The molecule has 1 amide bonds. The van der Waals surface area contributed by atoms with E-state index in [9.17, 15) is 13.2 Å². The number of carbonyl (C=O) groups is 1. The van der Waals surface area contributed by atoms with E-state index in [4.69, 9.17) is 16.1 Å². The molecule has 0 bridgehead atoms. The van der Waals surface area contributed by atoms with Gasteiger partial charge in [-0.1, -0.05) is 17.3 Å². The fourth-order valence-corrected chi connectivity index (χ4v) is 1.97. The molecule has 0 fully saturated rings. The van der Waals surface area contributed by atoms with E-state index in [0.717, 1.165) is 0 Å². The number of sulfonamides is 1. The Kier molecular flexibility index (Phi) is 5.47. The van der Waals surface area contributed by atoms with Gasteiger partial charge < -0.3 is 16.3 Å². The zero-order valence-electron chi connectivity index (χ0n) is 10.6. The van der Waals surface area contributed by atoms with Crippen LogP contribution in [0.15, 0.2) is 29.4 Å². The SMILES string of the molecule is NC(=NO)c1ccc(C(=O)NCCCS(N)(=O)=O)cc1. The fraction of sp³-hybridized carbons (Fsp3) is 0.273. The average molecular weight is 300 g/mol. The lowest BCUT2D eigenvalue weighted by Crippen LogP contribution is -2.27. The zero-order chi connectivity index (χ0) is 15.2. The minimum absolute atomic E-state index is 0.0508. The number of nitrogens with one attached hydrogen (secondary N) is 1. The topological polar surface area (TPSA) is 148 Å². The molecule has 110 valence electrons. The monoisotopic (exact) mass is 300 g/mol. The summed E-state index contributed by atoms with van der Waals surface area (Å²) in [6, 6.07) is 6.10. The number of oxime groups is 1.